The monoisotopic (exact) mass is 334 g/mol. The van der Waals surface area contributed by atoms with Crippen molar-refractivity contribution in [3.8, 4) is 11.1 Å². The van der Waals surface area contributed by atoms with Crippen molar-refractivity contribution in [2.45, 2.75) is 13.0 Å². The minimum Gasteiger partial charge on any atom is -0.383 e. The van der Waals surface area contributed by atoms with E-state index in [0.29, 0.717) is 12.6 Å². The lowest BCUT2D eigenvalue weighted by Gasteiger charge is -2.12. The summed E-state index contributed by atoms with van der Waals surface area (Å²) in [6.45, 7) is 2.61. The van der Waals surface area contributed by atoms with E-state index in [1.807, 2.05) is 37.5 Å². The minimum atomic E-state index is 0.135. The summed E-state index contributed by atoms with van der Waals surface area (Å²) in [7, 11) is 1.67. The summed E-state index contributed by atoms with van der Waals surface area (Å²) in [5.41, 5.74) is 4.62. The molecule has 126 valence electrons. The van der Waals surface area contributed by atoms with Crippen molar-refractivity contribution in [3.05, 3.63) is 43.0 Å². The molecule has 3 aromatic heterocycles. The van der Waals surface area contributed by atoms with Crippen LogP contribution in [0.4, 0.5) is 5.95 Å². The Labute approximate surface area is 144 Å². The molecule has 0 spiro atoms. The molecule has 1 unspecified atom stereocenters. The minimum absolute atomic E-state index is 0.135. The van der Waals surface area contributed by atoms with Gasteiger partial charge in [-0.05, 0) is 24.6 Å². The predicted octanol–water partition coefficient (Wildman–Crippen LogP) is 3.01. The zero-order valence-electron chi connectivity index (χ0n) is 14.0. The Morgan fingerprint density at radius 2 is 2.00 bits per heavy atom. The van der Waals surface area contributed by atoms with Gasteiger partial charge in [-0.1, -0.05) is 6.07 Å². The first-order valence-electron chi connectivity index (χ1n) is 8.05. The predicted molar refractivity (Wildman–Crippen MR) is 97.4 cm³/mol. The summed E-state index contributed by atoms with van der Waals surface area (Å²) in [5, 5.41) is 4.19. The summed E-state index contributed by atoms with van der Waals surface area (Å²) in [4.78, 5) is 20.9. The topological polar surface area (TPSA) is 88.6 Å². The van der Waals surface area contributed by atoms with Gasteiger partial charge in [-0.3, -0.25) is 9.97 Å². The number of anilines is 1. The van der Waals surface area contributed by atoms with Gasteiger partial charge in [0.1, 0.15) is 5.65 Å². The number of aromatic nitrogens is 5. The number of nitrogens with zero attached hydrogens (tertiary/aromatic N) is 4. The van der Waals surface area contributed by atoms with E-state index in [1.165, 1.54) is 0 Å². The van der Waals surface area contributed by atoms with E-state index >= 15 is 0 Å². The van der Waals surface area contributed by atoms with Gasteiger partial charge < -0.3 is 15.0 Å². The molecule has 25 heavy (non-hydrogen) atoms. The van der Waals surface area contributed by atoms with Crippen LogP contribution in [-0.4, -0.2) is 44.7 Å². The molecular weight excluding hydrogens is 316 g/mol. The van der Waals surface area contributed by atoms with Gasteiger partial charge in [0, 0.05) is 48.9 Å². The van der Waals surface area contributed by atoms with Crippen LogP contribution in [0.15, 0.2) is 43.0 Å². The van der Waals surface area contributed by atoms with Gasteiger partial charge in [-0.15, -0.1) is 0 Å². The Kier molecular flexibility index (Phi) is 3.99. The number of hydrogen-bond donors (Lipinski definition) is 2. The quantitative estimate of drug-likeness (QED) is 0.583. The maximum Gasteiger partial charge on any atom is 0.224 e. The van der Waals surface area contributed by atoms with Gasteiger partial charge in [0.25, 0.3) is 0 Å². The Morgan fingerprint density at radius 3 is 2.84 bits per heavy atom. The van der Waals surface area contributed by atoms with Crippen LogP contribution in [0.3, 0.4) is 0 Å². The second-order valence-electron chi connectivity index (χ2n) is 5.92. The Bertz CT molecular complexity index is 1030. The first-order chi connectivity index (χ1) is 12.2. The fourth-order valence-electron chi connectivity index (χ4n) is 2.86. The number of aromatic amines is 1. The lowest BCUT2D eigenvalue weighted by Crippen LogP contribution is -2.22. The Hall–Kier alpha value is -3.06. The zero-order chi connectivity index (χ0) is 17.2. The van der Waals surface area contributed by atoms with Crippen molar-refractivity contribution >= 4 is 28.0 Å². The molecule has 0 amide bonds. The molecule has 0 saturated carbocycles. The van der Waals surface area contributed by atoms with E-state index in [1.54, 1.807) is 19.5 Å². The van der Waals surface area contributed by atoms with Crippen LogP contribution in [0, 0.1) is 0 Å². The number of hydrogen-bond acceptors (Lipinski definition) is 6. The van der Waals surface area contributed by atoms with Crippen molar-refractivity contribution in [2.75, 3.05) is 19.0 Å². The molecule has 4 aromatic rings. The third-order valence-electron chi connectivity index (χ3n) is 4.00. The summed E-state index contributed by atoms with van der Waals surface area (Å²) in [5.74, 6) is 0.579. The van der Waals surface area contributed by atoms with Crippen molar-refractivity contribution in [1.29, 1.82) is 0 Å². The molecule has 0 aliphatic carbocycles. The van der Waals surface area contributed by atoms with E-state index in [-0.39, 0.29) is 6.04 Å². The highest BCUT2D eigenvalue weighted by Gasteiger charge is 2.11. The molecule has 0 fully saturated rings. The van der Waals surface area contributed by atoms with Crippen LogP contribution in [0.5, 0.6) is 0 Å². The summed E-state index contributed by atoms with van der Waals surface area (Å²) in [6.07, 6.45) is 7.17. The van der Waals surface area contributed by atoms with E-state index in [0.717, 1.165) is 33.2 Å². The van der Waals surface area contributed by atoms with Crippen molar-refractivity contribution < 1.29 is 4.74 Å². The van der Waals surface area contributed by atoms with Gasteiger partial charge in [0.2, 0.25) is 5.95 Å². The fourth-order valence-corrected chi connectivity index (χ4v) is 2.86. The molecular formula is C18H18N6O. The normalized spacial score (nSPS) is 12.6. The molecule has 7 heteroatoms. The van der Waals surface area contributed by atoms with Crippen LogP contribution in [0.1, 0.15) is 6.92 Å². The molecule has 0 aliphatic heterocycles. The molecule has 4 rings (SSSR count). The highest BCUT2D eigenvalue weighted by Crippen LogP contribution is 2.29. The maximum absolute atomic E-state index is 5.12. The Morgan fingerprint density at radius 1 is 1.16 bits per heavy atom. The van der Waals surface area contributed by atoms with Crippen molar-refractivity contribution in [1.82, 2.24) is 24.9 Å². The van der Waals surface area contributed by atoms with E-state index in [2.05, 4.69) is 30.2 Å². The number of methoxy groups -OCH3 is 1. The van der Waals surface area contributed by atoms with Gasteiger partial charge in [-0.2, -0.15) is 4.98 Å². The Balaban J connectivity index is 1.70. The standard InChI is InChI=1S/C18H18N6O/c1-11(10-25-2)23-18-22-9-14-13(8-21-17(14)24-18)12-3-4-15-16(7-12)20-6-5-19-15/h3-9,11H,10H2,1-2H3,(H2,21,22,23,24). The molecule has 2 N–H and O–H groups in total. The maximum atomic E-state index is 5.12. The molecule has 0 radical (unpaired) electrons. The summed E-state index contributed by atoms with van der Waals surface area (Å²) < 4.78 is 5.12. The van der Waals surface area contributed by atoms with Crippen molar-refractivity contribution in [3.63, 3.8) is 0 Å². The molecule has 0 aliphatic rings. The van der Waals surface area contributed by atoms with Gasteiger partial charge in [-0.25, -0.2) is 4.98 Å². The highest BCUT2D eigenvalue weighted by molar-refractivity contribution is 5.95. The number of fused-ring (bicyclic) bond motifs is 2. The van der Waals surface area contributed by atoms with Gasteiger partial charge >= 0.3 is 0 Å². The second kappa shape index (κ2) is 6.45. The smallest absolute Gasteiger partial charge is 0.224 e. The molecule has 1 aromatic carbocycles. The summed E-state index contributed by atoms with van der Waals surface area (Å²) in [6, 6.07) is 6.17. The number of benzene rings is 1. The largest absolute Gasteiger partial charge is 0.383 e. The van der Waals surface area contributed by atoms with Crippen LogP contribution >= 0.6 is 0 Å². The second-order valence-corrected chi connectivity index (χ2v) is 5.92. The average molecular weight is 334 g/mol. The number of ether oxygens (including phenoxy) is 1. The average Bonchev–Trinajstić information content (AvgIpc) is 3.04. The lowest BCUT2D eigenvalue weighted by molar-refractivity contribution is 0.190. The number of H-pyrrole nitrogens is 1. The number of rotatable bonds is 5. The van der Waals surface area contributed by atoms with Crippen LogP contribution in [0.25, 0.3) is 33.2 Å². The van der Waals surface area contributed by atoms with E-state index in [9.17, 15) is 0 Å². The van der Waals surface area contributed by atoms with E-state index in [4.69, 9.17) is 4.74 Å². The van der Waals surface area contributed by atoms with Gasteiger partial charge in [0.15, 0.2) is 0 Å². The van der Waals surface area contributed by atoms with Crippen LogP contribution in [0.2, 0.25) is 0 Å². The zero-order valence-corrected chi connectivity index (χ0v) is 14.0. The van der Waals surface area contributed by atoms with Crippen LogP contribution < -0.4 is 5.32 Å². The SMILES string of the molecule is COCC(C)Nc1ncc2c(-c3ccc4nccnc4c3)c[nH]c2n1. The highest BCUT2D eigenvalue weighted by atomic mass is 16.5. The molecule has 0 saturated heterocycles. The first kappa shape index (κ1) is 15.5. The molecule has 3 heterocycles. The first-order valence-corrected chi connectivity index (χ1v) is 8.05. The third-order valence-corrected chi connectivity index (χ3v) is 4.00. The molecule has 0 bridgehead atoms. The third kappa shape index (κ3) is 3.01. The van der Waals surface area contributed by atoms with E-state index < -0.39 is 0 Å². The van der Waals surface area contributed by atoms with Gasteiger partial charge in [0.05, 0.1) is 17.6 Å². The van der Waals surface area contributed by atoms with Crippen molar-refractivity contribution in [2.24, 2.45) is 0 Å². The summed E-state index contributed by atoms with van der Waals surface area (Å²) >= 11 is 0. The fraction of sp³-hybridized carbons (Fsp3) is 0.222. The lowest BCUT2D eigenvalue weighted by atomic mass is 10.1. The molecule has 1 atom stereocenters. The number of nitrogens with one attached hydrogen (secondary N) is 2. The molecule has 7 nitrogen and oxygen atoms in total. The van der Waals surface area contributed by atoms with Crippen LogP contribution in [-0.2, 0) is 4.74 Å².